The molecule has 2 aliphatic heterocycles. The number of carbonyl (C=O) groups is 1. The Hall–Kier alpha value is -4.26. The van der Waals surface area contributed by atoms with Gasteiger partial charge in [0, 0.05) is 23.0 Å². The number of fused-ring (bicyclic) bond motifs is 2. The fourth-order valence-electron chi connectivity index (χ4n) is 4.92. The van der Waals surface area contributed by atoms with E-state index in [1.165, 1.54) is 5.56 Å². The Morgan fingerprint density at radius 1 is 0.943 bits per heavy atom. The minimum absolute atomic E-state index is 0.0735. The van der Waals surface area contributed by atoms with E-state index < -0.39 is 6.17 Å². The Morgan fingerprint density at radius 2 is 1.69 bits per heavy atom. The highest BCUT2D eigenvalue weighted by molar-refractivity contribution is 6.12. The van der Waals surface area contributed by atoms with E-state index in [1.807, 2.05) is 72.3 Å². The zero-order valence-corrected chi connectivity index (χ0v) is 19.7. The van der Waals surface area contributed by atoms with Crippen molar-refractivity contribution in [1.82, 2.24) is 9.78 Å². The SMILES string of the molecule is Cc1nn(Cc2ccccc2)c(C)c1C1Nc2ccccc2C(=O)N1c1ccc2c(c1)OCCO2. The van der Waals surface area contributed by atoms with Gasteiger partial charge in [0.05, 0.1) is 23.5 Å². The molecule has 1 N–H and O–H groups in total. The number of nitrogens with one attached hydrogen (secondary N) is 1. The summed E-state index contributed by atoms with van der Waals surface area (Å²) in [7, 11) is 0. The molecule has 176 valence electrons. The second-order valence-corrected chi connectivity index (χ2v) is 8.82. The van der Waals surface area contributed by atoms with Gasteiger partial charge in [0.25, 0.3) is 5.91 Å². The average molecular weight is 467 g/mol. The van der Waals surface area contributed by atoms with Crippen molar-refractivity contribution in [3.8, 4) is 11.5 Å². The second-order valence-electron chi connectivity index (χ2n) is 8.82. The van der Waals surface area contributed by atoms with Crippen molar-refractivity contribution in [2.24, 2.45) is 0 Å². The molecule has 3 heterocycles. The Morgan fingerprint density at radius 3 is 2.51 bits per heavy atom. The minimum Gasteiger partial charge on any atom is -0.486 e. The third kappa shape index (κ3) is 3.69. The van der Waals surface area contributed by atoms with Crippen LogP contribution in [0.2, 0.25) is 0 Å². The lowest BCUT2D eigenvalue weighted by molar-refractivity contribution is 0.0974. The first kappa shape index (κ1) is 21.3. The molecular formula is C28H26N4O3. The van der Waals surface area contributed by atoms with Crippen LogP contribution >= 0.6 is 0 Å². The van der Waals surface area contributed by atoms with Crippen molar-refractivity contribution in [2.45, 2.75) is 26.6 Å². The highest BCUT2D eigenvalue weighted by Gasteiger charge is 2.37. The maximum absolute atomic E-state index is 13.9. The van der Waals surface area contributed by atoms with Crippen molar-refractivity contribution in [2.75, 3.05) is 23.4 Å². The van der Waals surface area contributed by atoms with Crippen LogP contribution in [-0.4, -0.2) is 28.9 Å². The monoisotopic (exact) mass is 466 g/mol. The summed E-state index contributed by atoms with van der Waals surface area (Å²) in [6.07, 6.45) is -0.426. The highest BCUT2D eigenvalue weighted by atomic mass is 16.6. The maximum Gasteiger partial charge on any atom is 0.262 e. The predicted octanol–water partition coefficient (Wildman–Crippen LogP) is 5.09. The molecule has 1 amide bonds. The van der Waals surface area contributed by atoms with E-state index in [0.29, 0.717) is 36.8 Å². The molecule has 0 radical (unpaired) electrons. The Balaban J connectivity index is 1.46. The molecule has 35 heavy (non-hydrogen) atoms. The number of aryl methyl sites for hydroxylation is 1. The van der Waals surface area contributed by atoms with E-state index in [0.717, 1.165) is 28.3 Å². The third-order valence-corrected chi connectivity index (χ3v) is 6.62. The molecule has 0 saturated carbocycles. The van der Waals surface area contributed by atoms with Gasteiger partial charge in [-0.3, -0.25) is 14.4 Å². The van der Waals surface area contributed by atoms with E-state index in [2.05, 4.69) is 24.4 Å². The van der Waals surface area contributed by atoms with Crippen LogP contribution in [0.4, 0.5) is 11.4 Å². The quantitative estimate of drug-likeness (QED) is 0.454. The molecule has 0 spiro atoms. The van der Waals surface area contributed by atoms with Crippen LogP contribution < -0.4 is 19.7 Å². The summed E-state index contributed by atoms with van der Waals surface area (Å²) in [4.78, 5) is 15.7. The molecule has 0 fully saturated rings. The van der Waals surface area contributed by atoms with Crippen molar-refractivity contribution >= 4 is 17.3 Å². The number of carbonyl (C=O) groups excluding carboxylic acids is 1. The van der Waals surface area contributed by atoms with Gasteiger partial charge in [0.1, 0.15) is 19.4 Å². The number of para-hydroxylation sites is 1. The fraction of sp³-hybridized carbons (Fsp3) is 0.214. The van der Waals surface area contributed by atoms with Crippen molar-refractivity contribution in [3.63, 3.8) is 0 Å². The minimum atomic E-state index is -0.426. The molecule has 7 heteroatoms. The number of rotatable bonds is 4. The van der Waals surface area contributed by atoms with Crippen LogP contribution in [0, 0.1) is 13.8 Å². The summed E-state index contributed by atoms with van der Waals surface area (Å²) in [5.74, 6) is 1.26. The number of benzene rings is 3. The van der Waals surface area contributed by atoms with Crippen molar-refractivity contribution in [1.29, 1.82) is 0 Å². The maximum atomic E-state index is 13.9. The lowest BCUT2D eigenvalue weighted by atomic mass is 10.0. The number of ether oxygens (including phenoxy) is 2. The molecule has 0 bridgehead atoms. The number of hydrogen-bond acceptors (Lipinski definition) is 5. The number of amides is 1. The van der Waals surface area contributed by atoms with Gasteiger partial charge in [-0.25, -0.2) is 0 Å². The van der Waals surface area contributed by atoms with Crippen molar-refractivity contribution in [3.05, 3.63) is 101 Å². The summed E-state index contributed by atoms with van der Waals surface area (Å²) >= 11 is 0. The van der Waals surface area contributed by atoms with Crippen LogP contribution in [0.25, 0.3) is 0 Å². The van der Waals surface area contributed by atoms with Gasteiger partial charge in [-0.1, -0.05) is 42.5 Å². The van der Waals surface area contributed by atoms with Gasteiger partial charge in [0.15, 0.2) is 11.5 Å². The Kier molecular flexibility index (Phi) is 5.17. The number of anilines is 2. The molecule has 6 rings (SSSR count). The van der Waals surface area contributed by atoms with Gasteiger partial charge in [0.2, 0.25) is 0 Å². The summed E-state index contributed by atoms with van der Waals surface area (Å²) in [6.45, 7) is 5.73. The van der Waals surface area contributed by atoms with Gasteiger partial charge >= 0.3 is 0 Å². The first-order valence-corrected chi connectivity index (χ1v) is 11.8. The van der Waals surface area contributed by atoms with E-state index in [-0.39, 0.29) is 5.91 Å². The average Bonchev–Trinajstić information content (AvgIpc) is 3.16. The topological polar surface area (TPSA) is 68.6 Å². The summed E-state index contributed by atoms with van der Waals surface area (Å²) in [5.41, 5.74) is 6.23. The molecule has 7 nitrogen and oxygen atoms in total. The van der Waals surface area contributed by atoms with Crippen LogP contribution in [0.15, 0.2) is 72.8 Å². The van der Waals surface area contributed by atoms with E-state index in [4.69, 9.17) is 14.6 Å². The van der Waals surface area contributed by atoms with Gasteiger partial charge < -0.3 is 14.8 Å². The highest BCUT2D eigenvalue weighted by Crippen LogP contribution is 2.42. The second kappa shape index (κ2) is 8.51. The van der Waals surface area contributed by atoms with Gasteiger partial charge in [-0.15, -0.1) is 0 Å². The molecule has 0 aliphatic carbocycles. The standard InChI is InChI=1S/C28H26N4O3/c1-18-26(19(2)31(30-18)17-20-8-4-3-5-9-20)27-29-23-11-7-6-10-22(23)28(33)32(27)21-12-13-24-25(16-21)35-15-14-34-24/h3-13,16,27,29H,14-15,17H2,1-2H3. The molecule has 1 atom stereocenters. The Bertz CT molecular complexity index is 1410. The summed E-state index contributed by atoms with van der Waals surface area (Å²) in [6, 6.07) is 23.5. The normalized spacial score (nSPS) is 16.6. The largest absolute Gasteiger partial charge is 0.486 e. The van der Waals surface area contributed by atoms with E-state index in [9.17, 15) is 4.79 Å². The number of nitrogens with zero attached hydrogens (tertiary/aromatic N) is 3. The molecule has 3 aromatic carbocycles. The van der Waals surface area contributed by atoms with Gasteiger partial charge in [-0.2, -0.15) is 5.10 Å². The molecule has 4 aromatic rings. The summed E-state index contributed by atoms with van der Waals surface area (Å²) in [5, 5.41) is 8.46. The first-order chi connectivity index (χ1) is 17.1. The fourth-order valence-corrected chi connectivity index (χ4v) is 4.92. The Labute approximate surface area is 203 Å². The molecule has 1 unspecified atom stereocenters. The zero-order chi connectivity index (χ0) is 23.9. The molecule has 1 aromatic heterocycles. The third-order valence-electron chi connectivity index (χ3n) is 6.62. The van der Waals surface area contributed by atoms with Crippen LogP contribution in [0.3, 0.4) is 0 Å². The van der Waals surface area contributed by atoms with E-state index in [1.54, 1.807) is 4.90 Å². The van der Waals surface area contributed by atoms with Crippen LogP contribution in [-0.2, 0) is 6.54 Å². The van der Waals surface area contributed by atoms with Crippen LogP contribution in [0.1, 0.15) is 39.0 Å². The van der Waals surface area contributed by atoms with Crippen molar-refractivity contribution < 1.29 is 14.3 Å². The molecule has 0 saturated heterocycles. The van der Waals surface area contributed by atoms with E-state index >= 15 is 0 Å². The lowest BCUT2D eigenvalue weighted by Crippen LogP contribution is -2.43. The first-order valence-electron chi connectivity index (χ1n) is 11.8. The molecule has 2 aliphatic rings. The number of hydrogen-bond donors (Lipinski definition) is 1. The lowest BCUT2D eigenvalue weighted by Gasteiger charge is -2.38. The predicted molar refractivity (Wildman–Crippen MR) is 134 cm³/mol. The molecular weight excluding hydrogens is 440 g/mol. The summed E-state index contributed by atoms with van der Waals surface area (Å²) < 4.78 is 13.5. The smallest absolute Gasteiger partial charge is 0.262 e. The number of aromatic nitrogens is 2. The zero-order valence-electron chi connectivity index (χ0n) is 19.7. The van der Waals surface area contributed by atoms with Gasteiger partial charge in [-0.05, 0) is 43.7 Å². The van der Waals surface area contributed by atoms with Crippen LogP contribution in [0.5, 0.6) is 11.5 Å².